The van der Waals surface area contributed by atoms with Crippen LogP contribution in [0.3, 0.4) is 0 Å². The highest BCUT2D eigenvalue weighted by Crippen LogP contribution is 2.26. The van der Waals surface area contributed by atoms with E-state index in [9.17, 15) is 4.79 Å². The van der Waals surface area contributed by atoms with Crippen LogP contribution in [0.2, 0.25) is 0 Å². The van der Waals surface area contributed by atoms with Gasteiger partial charge in [-0.1, -0.05) is 30.3 Å². The van der Waals surface area contributed by atoms with Crippen LogP contribution >= 0.6 is 0 Å². The Morgan fingerprint density at radius 1 is 1.22 bits per heavy atom. The minimum absolute atomic E-state index is 0.00427. The van der Waals surface area contributed by atoms with Crippen LogP contribution in [0.5, 0.6) is 0 Å². The van der Waals surface area contributed by atoms with Gasteiger partial charge in [0, 0.05) is 16.8 Å². The van der Waals surface area contributed by atoms with Crippen molar-refractivity contribution in [3.8, 4) is 11.3 Å². The summed E-state index contributed by atoms with van der Waals surface area (Å²) in [6.07, 6.45) is 1.61. The number of benzene rings is 2. The van der Waals surface area contributed by atoms with Crippen LogP contribution < -0.4 is 5.32 Å². The SMILES string of the molecule is [C-]#[N+]c1ccc(Nc2ncc(-c3cccc(C(C)=O)c3)o2)cc1. The van der Waals surface area contributed by atoms with Crippen LogP contribution in [-0.4, -0.2) is 10.8 Å². The van der Waals surface area contributed by atoms with Crippen LogP contribution in [0.25, 0.3) is 16.2 Å². The number of ketones is 1. The van der Waals surface area contributed by atoms with Gasteiger partial charge in [-0.3, -0.25) is 4.79 Å². The van der Waals surface area contributed by atoms with Gasteiger partial charge >= 0.3 is 0 Å². The topological polar surface area (TPSA) is 59.5 Å². The minimum Gasteiger partial charge on any atom is -0.423 e. The molecule has 0 fully saturated rings. The van der Waals surface area contributed by atoms with Gasteiger partial charge in [-0.05, 0) is 25.1 Å². The molecule has 0 saturated heterocycles. The van der Waals surface area contributed by atoms with E-state index < -0.39 is 0 Å². The number of carbonyl (C=O) groups is 1. The zero-order valence-corrected chi connectivity index (χ0v) is 12.4. The van der Waals surface area contributed by atoms with Gasteiger partial charge in [-0.15, -0.1) is 0 Å². The summed E-state index contributed by atoms with van der Waals surface area (Å²) < 4.78 is 5.67. The smallest absolute Gasteiger partial charge is 0.299 e. The molecule has 0 aliphatic rings. The number of Topliss-reactive ketones (excluding diaryl/α,β-unsaturated/α-hetero) is 1. The van der Waals surface area contributed by atoms with Crippen molar-refractivity contribution in [1.82, 2.24) is 4.98 Å². The molecular formula is C18H13N3O2. The second-order valence-corrected chi connectivity index (χ2v) is 4.95. The Kier molecular flexibility index (Phi) is 3.89. The molecule has 0 aliphatic heterocycles. The van der Waals surface area contributed by atoms with Gasteiger partial charge in [-0.2, -0.15) is 0 Å². The Balaban J connectivity index is 1.81. The number of nitrogens with zero attached hydrogens (tertiary/aromatic N) is 2. The predicted octanol–water partition coefficient (Wildman–Crippen LogP) is 4.84. The molecule has 2 aromatic carbocycles. The summed E-state index contributed by atoms with van der Waals surface area (Å²) in [5.74, 6) is 0.581. The van der Waals surface area contributed by atoms with E-state index in [1.165, 1.54) is 6.92 Å². The normalized spacial score (nSPS) is 10.1. The third-order valence-electron chi connectivity index (χ3n) is 3.31. The Labute approximate surface area is 133 Å². The minimum atomic E-state index is 0.00427. The Hall–Kier alpha value is -3.39. The first-order valence-corrected chi connectivity index (χ1v) is 6.97. The molecule has 3 rings (SSSR count). The highest BCUT2D eigenvalue weighted by Gasteiger charge is 2.08. The molecule has 0 radical (unpaired) electrons. The molecule has 5 nitrogen and oxygen atoms in total. The van der Waals surface area contributed by atoms with Gasteiger partial charge in [0.05, 0.1) is 12.8 Å². The van der Waals surface area contributed by atoms with Crippen LogP contribution in [0, 0.1) is 6.57 Å². The van der Waals surface area contributed by atoms with Gasteiger partial charge in [0.1, 0.15) is 0 Å². The summed E-state index contributed by atoms with van der Waals surface area (Å²) in [5, 5.41) is 3.04. The summed E-state index contributed by atoms with van der Waals surface area (Å²) in [7, 11) is 0. The largest absolute Gasteiger partial charge is 0.423 e. The lowest BCUT2D eigenvalue weighted by molar-refractivity contribution is 0.101. The zero-order valence-electron chi connectivity index (χ0n) is 12.4. The average molecular weight is 303 g/mol. The maximum Gasteiger partial charge on any atom is 0.299 e. The third-order valence-corrected chi connectivity index (χ3v) is 3.31. The average Bonchev–Trinajstić information content (AvgIpc) is 3.04. The molecule has 0 saturated carbocycles. The Morgan fingerprint density at radius 2 is 2.00 bits per heavy atom. The summed E-state index contributed by atoms with van der Waals surface area (Å²) in [6, 6.07) is 14.6. The third kappa shape index (κ3) is 3.27. The molecule has 1 aromatic heterocycles. The van der Waals surface area contributed by atoms with Crippen LogP contribution in [0.4, 0.5) is 17.4 Å². The Bertz CT molecular complexity index is 889. The van der Waals surface area contributed by atoms with E-state index in [-0.39, 0.29) is 5.78 Å². The molecule has 0 bridgehead atoms. The van der Waals surface area contributed by atoms with E-state index in [4.69, 9.17) is 11.0 Å². The van der Waals surface area contributed by atoms with Crippen LogP contribution in [0.1, 0.15) is 17.3 Å². The first-order chi connectivity index (χ1) is 11.2. The molecular weight excluding hydrogens is 290 g/mol. The van der Waals surface area contributed by atoms with E-state index >= 15 is 0 Å². The number of hydrogen-bond acceptors (Lipinski definition) is 4. The monoisotopic (exact) mass is 303 g/mol. The molecule has 3 aromatic rings. The van der Waals surface area contributed by atoms with Crippen molar-refractivity contribution in [2.45, 2.75) is 6.92 Å². The van der Waals surface area contributed by atoms with Crippen molar-refractivity contribution >= 4 is 23.2 Å². The van der Waals surface area contributed by atoms with Gasteiger partial charge in [0.25, 0.3) is 6.01 Å². The summed E-state index contributed by atoms with van der Waals surface area (Å²) in [4.78, 5) is 19.0. The second kappa shape index (κ2) is 6.16. The quantitative estimate of drug-likeness (QED) is 0.553. The van der Waals surface area contributed by atoms with Crippen molar-refractivity contribution < 1.29 is 9.21 Å². The number of carbonyl (C=O) groups excluding carboxylic acids is 1. The molecule has 1 heterocycles. The lowest BCUT2D eigenvalue weighted by Gasteiger charge is -2.02. The number of hydrogen-bond donors (Lipinski definition) is 1. The summed E-state index contributed by atoms with van der Waals surface area (Å²) in [6.45, 7) is 8.46. The molecule has 1 N–H and O–H groups in total. The summed E-state index contributed by atoms with van der Waals surface area (Å²) in [5.41, 5.74) is 2.78. The maximum atomic E-state index is 11.4. The van der Waals surface area contributed by atoms with E-state index in [0.717, 1.165) is 11.3 Å². The number of rotatable bonds is 4. The van der Waals surface area contributed by atoms with Crippen LogP contribution in [0.15, 0.2) is 59.1 Å². The number of aromatic nitrogens is 1. The van der Waals surface area contributed by atoms with Crippen molar-refractivity contribution in [1.29, 1.82) is 0 Å². The van der Waals surface area contributed by atoms with E-state index in [1.807, 2.05) is 12.1 Å². The fraction of sp³-hybridized carbons (Fsp3) is 0.0556. The van der Waals surface area contributed by atoms with Gasteiger partial charge < -0.3 is 9.73 Å². The predicted molar refractivity (Wildman–Crippen MR) is 87.9 cm³/mol. The first kappa shape index (κ1) is 14.5. The molecule has 0 amide bonds. The molecule has 5 heteroatoms. The van der Waals surface area contributed by atoms with Crippen molar-refractivity contribution in [2.24, 2.45) is 0 Å². The lowest BCUT2D eigenvalue weighted by atomic mass is 10.1. The highest BCUT2D eigenvalue weighted by atomic mass is 16.4. The van der Waals surface area contributed by atoms with E-state index in [1.54, 1.807) is 42.6 Å². The molecule has 0 atom stereocenters. The Morgan fingerprint density at radius 3 is 2.70 bits per heavy atom. The second-order valence-electron chi connectivity index (χ2n) is 4.95. The number of nitrogens with one attached hydrogen (secondary N) is 1. The van der Waals surface area contributed by atoms with E-state index in [2.05, 4.69) is 15.1 Å². The molecule has 0 unspecified atom stereocenters. The van der Waals surface area contributed by atoms with Gasteiger partial charge in [0.15, 0.2) is 17.2 Å². The number of anilines is 2. The standard InChI is InChI=1S/C18H13N3O2/c1-12(22)13-4-3-5-14(10-13)17-11-20-18(23-17)21-16-8-6-15(19-2)7-9-16/h3-11H,1H3,(H,20,21). The molecule has 0 aliphatic carbocycles. The first-order valence-electron chi connectivity index (χ1n) is 6.97. The van der Waals surface area contributed by atoms with Crippen LogP contribution in [-0.2, 0) is 0 Å². The molecule has 0 spiro atoms. The van der Waals surface area contributed by atoms with Crippen molar-refractivity contribution in [3.05, 3.63) is 71.7 Å². The van der Waals surface area contributed by atoms with Gasteiger partial charge in [0.2, 0.25) is 0 Å². The van der Waals surface area contributed by atoms with E-state index in [0.29, 0.717) is 23.0 Å². The molecule has 112 valence electrons. The summed E-state index contributed by atoms with van der Waals surface area (Å²) >= 11 is 0. The fourth-order valence-electron chi connectivity index (χ4n) is 2.10. The lowest BCUT2D eigenvalue weighted by Crippen LogP contribution is -1.91. The molecule has 23 heavy (non-hydrogen) atoms. The maximum absolute atomic E-state index is 11.4. The zero-order chi connectivity index (χ0) is 16.2. The highest BCUT2D eigenvalue weighted by molar-refractivity contribution is 5.95. The van der Waals surface area contributed by atoms with Crippen molar-refractivity contribution in [2.75, 3.05) is 5.32 Å². The van der Waals surface area contributed by atoms with Gasteiger partial charge in [-0.25, -0.2) is 9.83 Å². The number of oxazole rings is 1. The fourth-order valence-corrected chi connectivity index (χ4v) is 2.10. The van der Waals surface area contributed by atoms with Crippen molar-refractivity contribution in [3.63, 3.8) is 0 Å².